The van der Waals surface area contributed by atoms with Gasteiger partial charge < -0.3 is 15.0 Å². The van der Waals surface area contributed by atoms with E-state index in [1.165, 1.54) is 0 Å². The van der Waals surface area contributed by atoms with Gasteiger partial charge in [-0.15, -0.1) is 0 Å². The summed E-state index contributed by atoms with van der Waals surface area (Å²) in [5.41, 5.74) is 2.58. The summed E-state index contributed by atoms with van der Waals surface area (Å²) in [5.74, 6) is 0.916. The number of hydrogen-bond donors (Lipinski definition) is 1. The van der Waals surface area contributed by atoms with Crippen LogP contribution in [0.1, 0.15) is 31.7 Å². The minimum atomic E-state index is -0.0544. The zero-order chi connectivity index (χ0) is 18.4. The summed E-state index contributed by atoms with van der Waals surface area (Å²) < 4.78 is 5.60. The van der Waals surface area contributed by atoms with Crippen molar-refractivity contribution < 1.29 is 14.3 Å². The van der Waals surface area contributed by atoms with Crippen molar-refractivity contribution in [2.45, 2.75) is 32.6 Å². The van der Waals surface area contributed by atoms with Crippen LogP contribution in [-0.2, 0) is 16.0 Å². The highest BCUT2D eigenvalue weighted by Crippen LogP contribution is 2.24. The highest BCUT2D eigenvalue weighted by Gasteiger charge is 2.21. The Morgan fingerprint density at radius 2 is 2.04 bits per heavy atom. The van der Waals surface area contributed by atoms with E-state index in [4.69, 9.17) is 4.74 Å². The van der Waals surface area contributed by atoms with Crippen LogP contribution in [0, 0.1) is 0 Å². The van der Waals surface area contributed by atoms with Gasteiger partial charge in [0.25, 0.3) is 0 Å². The lowest BCUT2D eigenvalue weighted by Crippen LogP contribution is -2.23. The van der Waals surface area contributed by atoms with Gasteiger partial charge in [0.15, 0.2) is 0 Å². The second kappa shape index (κ2) is 8.52. The molecule has 1 saturated heterocycles. The minimum Gasteiger partial charge on any atom is -0.494 e. The first-order valence-corrected chi connectivity index (χ1v) is 9.08. The molecular weight excluding hydrogens is 328 g/mol. The maximum absolute atomic E-state index is 12.3. The molecule has 3 rings (SSSR count). The first-order valence-electron chi connectivity index (χ1n) is 9.08. The molecule has 0 saturated carbocycles. The summed E-state index contributed by atoms with van der Waals surface area (Å²) in [7, 11) is 0. The predicted molar refractivity (Wildman–Crippen MR) is 103 cm³/mol. The first kappa shape index (κ1) is 18.0. The molecule has 1 aliphatic heterocycles. The standard InChI is InChI=1S/C21H24N2O3/c1-2-26-19-10-4-3-7-16(19)12-13-20(24)22-17-8-5-9-18(15-17)23-14-6-11-21(23)25/h3-5,7-10,15H,2,6,11-14H2,1H3,(H,22,24). The van der Waals surface area contributed by atoms with E-state index in [0.29, 0.717) is 31.6 Å². The SMILES string of the molecule is CCOc1ccccc1CCC(=O)Nc1cccc(N2CCCC2=O)c1. The Kier molecular flexibility index (Phi) is 5.89. The number of amides is 2. The molecule has 0 spiro atoms. The van der Waals surface area contributed by atoms with Gasteiger partial charge in [0.1, 0.15) is 5.75 Å². The summed E-state index contributed by atoms with van der Waals surface area (Å²) >= 11 is 0. The van der Waals surface area contributed by atoms with Crippen LogP contribution in [0.3, 0.4) is 0 Å². The van der Waals surface area contributed by atoms with Gasteiger partial charge in [-0.05, 0) is 49.6 Å². The van der Waals surface area contributed by atoms with Crippen LogP contribution in [0.15, 0.2) is 48.5 Å². The van der Waals surface area contributed by atoms with E-state index < -0.39 is 0 Å². The Hall–Kier alpha value is -2.82. The van der Waals surface area contributed by atoms with E-state index in [9.17, 15) is 9.59 Å². The number of carbonyl (C=O) groups excluding carboxylic acids is 2. The summed E-state index contributed by atoms with van der Waals surface area (Å²) in [6, 6.07) is 15.3. The summed E-state index contributed by atoms with van der Waals surface area (Å²) in [6.07, 6.45) is 2.47. The molecule has 1 aliphatic rings. The summed E-state index contributed by atoms with van der Waals surface area (Å²) in [6.45, 7) is 3.29. The number of ether oxygens (including phenoxy) is 1. The molecule has 0 unspecified atom stereocenters. The van der Waals surface area contributed by atoms with Crippen molar-refractivity contribution in [2.75, 3.05) is 23.4 Å². The molecule has 1 N–H and O–H groups in total. The van der Waals surface area contributed by atoms with E-state index in [0.717, 1.165) is 30.0 Å². The lowest BCUT2D eigenvalue weighted by atomic mass is 10.1. The van der Waals surface area contributed by atoms with Crippen LogP contribution in [0.2, 0.25) is 0 Å². The first-order chi connectivity index (χ1) is 12.7. The molecule has 1 fully saturated rings. The zero-order valence-electron chi connectivity index (χ0n) is 15.0. The molecule has 26 heavy (non-hydrogen) atoms. The number of carbonyl (C=O) groups is 2. The zero-order valence-corrected chi connectivity index (χ0v) is 15.0. The molecule has 5 nitrogen and oxygen atoms in total. The van der Waals surface area contributed by atoms with E-state index in [1.54, 1.807) is 4.90 Å². The van der Waals surface area contributed by atoms with E-state index in [2.05, 4.69) is 5.32 Å². The molecule has 136 valence electrons. The van der Waals surface area contributed by atoms with Crippen molar-refractivity contribution in [3.63, 3.8) is 0 Å². The van der Waals surface area contributed by atoms with E-state index >= 15 is 0 Å². The number of hydrogen-bond acceptors (Lipinski definition) is 3. The van der Waals surface area contributed by atoms with Crippen LogP contribution >= 0.6 is 0 Å². The van der Waals surface area contributed by atoms with Crippen molar-refractivity contribution in [3.8, 4) is 5.75 Å². The van der Waals surface area contributed by atoms with Crippen LogP contribution in [0.25, 0.3) is 0 Å². The smallest absolute Gasteiger partial charge is 0.227 e. The quantitative estimate of drug-likeness (QED) is 0.825. The van der Waals surface area contributed by atoms with E-state index in [-0.39, 0.29) is 11.8 Å². The molecule has 0 aromatic heterocycles. The van der Waals surface area contributed by atoms with Crippen molar-refractivity contribution in [3.05, 3.63) is 54.1 Å². The topological polar surface area (TPSA) is 58.6 Å². The summed E-state index contributed by atoms with van der Waals surface area (Å²) in [5, 5.41) is 2.92. The van der Waals surface area contributed by atoms with Crippen molar-refractivity contribution in [2.24, 2.45) is 0 Å². The van der Waals surface area contributed by atoms with Gasteiger partial charge in [-0.2, -0.15) is 0 Å². The van der Waals surface area contributed by atoms with Crippen LogP contribution in [-0.4, -0.2) is 25.0 Å². The lowest BCUT2D eigenvalue weighted by molar-refractivity contribution is -0.117. The maximum Gasteiger partial charge on any atom is 0.227 e. The molecule has 0 bridgehead atoms. The number of aryl methyl sites for hydroxylation is 1. The van der Waals surface area contributed by atoms with Crippen molar-refractivity contribution >= 4 is 23.2 Å². The van der Waals surface area contributed by atoms with Crippen LogP contribution in [0.5, 0.6) is 5.75 Å². The fraction of sp³-hybridized carbons (Fsp3) is 0.333. The van der Waals surface area contributed by atoms with Gasteiger partial charge in [0, 0.05) is 30.8 Å². The van der Waals surface area contributed by atoms with Gasteiger partial charge in [-0.3, -0.25) is 9.59 Å². The van der Waals surface area contributed by atoms with Crippen LogP contribution < -0.4 is 15.0 Å². The highest BCUT2D eigenvalue weighted by atomic mass is 16.5. The number of nitrogens with one attached hydrogen (secondary N) is 1. The monoisotopic (exact) mass is 352 g/mol. The Balaban J connectivity index is 1.59. The Morgan fingerprint density at radius 3 is 2.81 bits per heavy atom. The fourth-order valence-electron chi connectivity index (χ4n) is 3.15. The Labute approximate surface area is 154 Å². The van der Waals surface area contributed by atoms with Crippen molar-refractivity contribution in [1.82, 2.24) is 0 Å². The van der Waals surface area contributed by atoms with Gasteiger partial charge in [0.05, 0.1) is 6.61 Å². The lowest BCUT2D eigenvalue weighted by Gasteiger charge is -2.17. The van der Waals surface area contributed by atoms with Gasteiger partial charge in [-0.1, -0.05) is 24.3 Å². The molecule has 5 heteroatoms. The van der Waals surface area contributed by atoms with Crippen molar-refractivity contribution in [1.29, 1.82) is 0 Å². The van der Waals surface area contributed by atoms with Gasteiger partial charge >= 0.3 is 0 Å². The number of anilines is 2. The molecule has 0 aliphatic carbocycles. The van der Waals surface area contributed by atoms with Gasteiger partial charge in [0.2, 0.25) is 11.8 Å². The average molecular weight is 352 g/mol. The Morgan fingerprint density at radius 1 is 1.19 bits per heavy atom. The molecule has 2 aromatic rings. The Bertz CT molecular complexity index is 788. The molecule has 2 aromatic carbocycles. The third-order valence-electron chi connectivity index (χ3n) is 4.41. The molecule has 1 heterocycles. The predicted octanol–water partition coefficient (Wildman–Crippen LogP) is 3.78. The third kappa shape index (κ3) is 4.42. The highest BCUT2D eigenvalue weighted by molar-refractivity contribution is 5.97. The second-order valence-electron chi connectivity index (χ2n) is 6.29. The fourth-order valence-corrected chi connectivity index (χ4v) is 3.15. The average Bonchev–Trinajstić information content (AvgIpc) is 3.07. The molecule has 2 amide bonds. The van der Waals surface area contributed by atoms with E-state index in [1.807, 2.05) is 55.5 Å². The number of nitrogens with zero attached hydrogens (tertiary/aromatic N) is 1. The van der Waals surface area contributed by atoms with Crippen LogP contribution in [0.4, 0.5) is 11.4 Å². The number of benzene rings is 2. The number of para-hydroxylation sites is 1. The van der Waals surface area contributed by atoms with Gasteiger partial charge in [-0.25, -0.2) is 0 Å². The molecule has 0 atom stereocenters. The third-order valence-corrected chi connectivity index (χ3v) is 4.41. The minimum absolute atomic E-state index is 0.0544. The molecular formula is C21H24N2O3. The largest absolute Gasteiger partial charge is 0.494 e. The maximum atomic E-state index is 12.3. The molecule has 0 radical (unpaired) electrons. The summed E-state index contributed by atoms with van der Waals surface area (Å²) in [4.78, 5) is 26.0. The second-order valence-corrected chi connectivity index (χ2v) is 6.29. The number of rotatable bonds is 7. The normalized spacial score (nSPS) is 13.7.